The highest BCUT2D eigenvalue weighted by Crippen LogP contribution is 2.38. The molecule has 0 radical (unpaired) electrons. The molecule has 3 heteroatoms. The number of hydrogen-bond acceptors (Lipinski definition) is 2. The van der Waals surface area contributed by atoms with Gasteiger partial charge in [-0.2, -0.15) is 0 Å². The molecule has 3 atom stereocenters. The molecule has 0 aromatic heterocycles. The molecule has 2 N–H and O–H groups in total. The number of benzene rings is 1. The summed E-state index contributed by atoms with van der Waals surface area (Å²) in [7, 11) is 0. The molecule has 100 valence electrons. The van der Waals surface area contributed by atoms with Crippen LogP contribution in [0.15, 0.2) is 24.3 Å². The average Bonchev–Trinajstić information content (AvgIpc) is 2.88. The Morgan fingerprint density at radius 2 is 2.05 bits per heavy atom. The third-order valence-electron chi connectivity index (χ3n) is 4.30. The molecule has 1 aliphatic carbocycles. The largest absolute Gasteiger partial charge is 0.377 e. The standard InChI is InChI=1S/C16H18FNO/c17-13-5-3-12(4-6-13)7-10-16(19)9-1-2-15-14(16)8-11-18-15/h3-6,14-15,18-19H,1-2,8-9,11H2. The highest BCUT2D eigenvalue weighted by atomic mass is 19.1. The van der Waals surface area contributed by atoms with E-state index in [1.54, 1.807) is 12.1 Å². The van der Waals surface area contributed by atoms with Crippen molar-refractivity contribution in [3.05, 3.63) is 35.6 Å². The number of fused-ring (bicyclic) bond motifs is 1. The second-order valence-electron chi connectivity index (χ2n) is 5.53. The van der Waals surface area contributed by atoms with Crippen molar-refractivity contribution in [1.29, 1.82) is 0 Å². The summed E-state index contributed by atoms with van der Waals surface area (Å²) in [6, 6.07) is 6.50. The van der Waals surface area contributed by atoms with E-state index in [0.29, 0.717) is 6.04 Å². The quantitative estimate of drug-likeness (QED) is 0.699. The van der Waals surface area contributed by atoms with Gasteiger partial charge in [0.2, 0.25) is 0 Å². The summed E-state index contributed by atoms with van der Waals surface area (Å²) in [4.78, 5) is 0. The van der Waals surface area contributed by atoms with Gasteiger partial charge in [0.1, 0.15) is 11.4 Å². The monoisotopic (exact) mass is 259 g/mol. The minimum atomic E-state index is -0.888. The predicted molar refractivity (Wildman–Crippen MR) is 72.0 cm³/mol. The second kappa shape index (κ2) is 4.96. The zero-order valence-electron chi connectivity index (χ0n) is 10.8. The molecule has 19 heavy (non-hydrogen) atoms. The van der Waals surface area contributed by atoms with Gasteiger partial charge in [-0.15, -0.1) is 0 Å². The smallest absolute Gasteiger partial charge is 0.130 e. The minimum absolute atomic E-state index is 0.231. The lowest BCUT2D eigenvalue weighted by atomic mass is 9.73. The first-order chi connectivity index (χ1) is 9.17. The maximum absolute atomic E-state index is 12.8. The van der Waals surface area contributed by atoms with Crippen LogP contribution >= 0.6 is 0 Å². The summed E-state index contributed by atoms with van der Waals surface area (Å²) >= 11 is 0. The number of nitrogens with one attached hydrogen (secondary N) is 1. The van der Waals surface area contributed by atoms with E-state index in [0.717, 1.165) is 37.8 Å². The fraction of sp³-hybridized carbons (Fsp3) is 0.500. The fourth-order valence-corrected chi connectivity index (χ4v) is 3.29. The van der Waals surface area contributed by atoms with Crippen LogP contribution in [-0.4, -0.2) is 23.3 Å². The molecule has 1 heterocycles. The zero-order chi connectivity index (χ0) is 13.3. The Morgan fingerprint density at radius 3 is 2.84 bits per heavy atom. The summed E-state index contributed by atoms with van der Waals surface area (Å²) < 4.78 is 12.8. The van der Waals surface area contributed by atoms with Gasteiger partial charge < -0.3 is 10.4 Å². The maximum Gasteiger partial charge on any atom is 0.130 e. The van der Waals surface area contributed by atoms with Gasteiger partial charge in [0, 0.05) is 17.5 Å². The van der Waals surface area contributed by atoms with Crippen molar-refractivity contribution in [2.75, 3.05) is 6.54 Å². The van der Waals surface area contributed by atoms with Crippen LogP contribution in [0.3, 0.4) is 0 Å². The molecule has 3 unspecified atom stereocenters. The fourth-order valence-electron chi connectivity index (χ4n) is 3.29. The van der Waals surface area contributed by atoms with Gasteiger partial charge in [-0.1, -0.05) is 11.8 Å². The summed E-state index contributed by atoms with van der Waals surface area (Å²) in [5, 5.41) is 14.2. The van der Waals surface area contributed by atoms with Crippen molar-refractivity contribution >= 4 is 0 Å². The predicted octanol–water partition coefficient (Wildman–Crippen LogP) is 2.07. The molecule has 0 spiro atoms. The van der Waals surface area contributed by atoms with Gasteiger partial charge >= 0.3 is 0 Å². The first kappa shape index (κ1) is 12.7. The Bertz CT molecular complexity index is 516. The van der Waals surface area contributed by atoms with E-state index in [-0.39, 0.29) is 11.7 Å². The zero-order valence-corrected chi connectivity index (χ0v) is 10.8. The van der Waals surface area contributed by atoms with Crippen molar-refractivity contribution in [2.24, 2.45) is 5.92 Å². The summed E-state index contributed by atoms with van der Waals surface area (Å²) in [5.74, 6) is 6.02. The number of aliphatic hydroxyl groups is 1. The molecule has 1 saturated heterocycles. The van der Waals surface area contributed by atoms with E-state index >= 15 is 0 Å². The van der Waals surface area contributed by atoms with Gasteiger partial charge in [0.05, 0.1) is 0 Å². The molecule has 2 aliphatic rings. The topological polar surface area (TPSA) is 32.3 Å². The van der Waals surface area contributed by atoms with Gasteiger partial charge in [-0.05, 0) is 56.5 Å². The highest BCUT2D eigenvalue weighted by molar-refractivity contribution is 5.37. The number of rotatable bonds is 0. The van der Waals surface area contributed by atoms with Crippen LogP contribution in [-0.2, 0) is 0 Å². The number of halogens is 1. The van der Waals surface area contributed by atoms with Crippen LogP contribution in [0.5, 0.6) is 0 Å². The van der Waals surface area contributed by atoms with Gasteiger partial charge in [0.15, 0.2) is 0 Å². The van der Waals surface area contributed by atoms with E-state index in [1.165, 1.54) is 12.1 Å². The maximum atomic E-state index is 12.8. The third-order valence-corrected chi connectivity index (χ3v) is 4.30. The van der Waals surface area contributed by atoms with Crippen LogP contribution in [0.4, 0.5) is 4.39 Å². The Labute approximate surface area is 113 Å². The van der Waals surface area contributed by atoms with E-state index in [4.69, 9.17) is 0 Å². The van der Waals surface area contributed by atoms with Crippen molar-refractivity contribution in [3.63, 3.8) is 0 Å². The highest BCUT2D eigenvalue weighted by Gasteiger charge is 2.45. The van der Waals surface area contributed by atoms with Crippen molar-refractivity contribution < 1.29 is 9.50 Å². The lowest BCUT2D eigenvalue weighted by Crippen LogP contribution is -2.47. The van der Waals surface area contributed by atoms with Crippen LogP contribution in [0.1, 0.15) is 31.2 Å². The summed E-state index contributed by atoms with van der Waals surface area (Å²) in [6.07, 6.45) is 3.86. The van der Waals surface area contributed by atoms with Gasteiger partial charge in [-0.3, -0.25) is 0 Å². The average molecular weight is 259 g/mol. The van der Waals surface area contributed by atoms with Crippen molar-refractivity contribution in [3.8, 4) is 11.8 Å². The first-order valence-electron chi connectivity index (χ1n) is 6.92. The van der Waals surface area contributed by atoms with Crippen LogP contribution < -0.4 is 5.32 Å². The Balaban J connectivity index is 1.83. The van der Waals surface area contributed by atoms with E-state index < -0.39 is 5.60 Å². The molecule has 0 amide bonds. The summed E-state index contributed by atoms with van der Waals surface area (Å²) in [5.41, 5.74) is -0.135. The molecular weight excluding hydrogens is 241 g/mol. The number of hydrogen-bond donors (Lipinski definition) is 2. The van der Waals surface area contributed by atoms with Crippen LogP contribution in [0.2, 0.25) is 0 Å². The lowest BCUT2D eigenvalue weighted by Gasteiger charge is -2.37. The van der Waals surface area contributed by atoms with Crippen LogP contribution in [0.25, 0.3) is 0 Å². The molecule has 3 rings (SSSR count). The Morgan fingerprint density at radius 1 is 1.26 bits per heavy atom. The SMILES string of the molecule is OC1(C#Cc2ccc(F)cc2)CCCC2NCCC21. The molecule has 2 nitrogen and oxygen atoms in total. The molecule has 1 aromatic carbocycles. The van der Waals surface area contributed by atoms with Gasteiger partial charge in [-0.25, -0.2) is 4.39 Å². The van der Waals surface area contributed by atoms with Crippen molar-refractivity contribution in [1.82, 2.24) is 5.32 Å². The van der Waals surface area contributed by atoms with E-state index in [2.05, 4.69) is 17.2 Å². The van der Waals surface area contributed by atoms with Gasteiger partial charge in [0.25, 0.3) is 0 Å². The Kier molecular flexibility index (Phi) is 3.30. The molecule has 1 aliphatic heterocycles. The Hall–Kier alpha value is -1.37. The lowest BCUT2D eigenvalue weighted by molar-refractivity contribution is 0.000969. The normalized spacial score (nSPS) is 33.4. The third kappa shape index (κ3) is 2.51. The molecular formula is C16H18FNO. The second-order valence-corrected chi connectivity index (χ2v) is 5.53. The van der Waals surface area contributed by atoms with E-state index in [1.807, 2.05) is 0 Å². The molecule has 0 bridgehead atoms. The van der Waals surface area contributed by atoms with E-state index in [9.17, 15) is 9.50 Å². The molecule has 2 fully saturated rings. The van der Waals surface area contributed by atoms with Crippen molar-refractivity contribution in [2.45, 2.75) is 37.3 Å². The molecule has 1 aromatic rings. The molecule has 1 saturated carbocycles. The minimum Gasteiger partial charge on any atom is -0.377 e. The first-order valence-corrected chi connectivity index (χ1v) is 6.92. The van der Waals surface area contributed by atoms with Crippen LogP contribution in [0, 0.1) is 23.6 Å². The summed E-state index contributed by atoms with van der Waals surface area (Å²) in [6.45, 7) is 0.968.